The topological polar surface area (TPSA) is 29.3 Å². The lowest BCUT2D eigenvalue weighted by atomic mass is 10.1. The number of benzene rings is 1. The van der Waals surface area contributed by atoms with E-state index in [0.717, 1.165) is 19.5 Å². The monoisotopic (exact) mass is 204 g/mol. The van der Waals surface area contributed by atoms with Gasteiger partial charge in [-0.3, -0.25) is 4.90 Å². The number of nitrogens with zero attached hydrogens (tertiary/aromatic N) is 1. The molecule has 2 rings (SSSR count). The molecule has 1 aromatic carbocycles. The lowest BCUT2D eigenvalue weighted by molar-refractivity contribution is 0.251. The maximum atomic E-state index is 6.01. The van der Waals surface area contributed by atoms with Crippen molar-refractivity contribution in [3.8, 4) is 0 Å². The van der Waals surface area contributed by atoms with E-state index in [4.69, 9.17) is 5.73 Å². The summed E-state index contributed by atoms with van der Waals surface area (Å²) < 4.78 is 0. The average molecular weight is 204 g/mol. The number of aryl methyl sites for hydroxylation is 1. The van der Waals surface area contributed by atoms with Crippen molar-refractivity contribution in [1.29, 1.82) is 0 Å². The molecule has 2 nitrogen and oxygen atoms in total. The van der Waals surface area contributed by atoms with Gasteiger partial charge < -0.3 is 5.73 Å². The fourth-order valence-corrected chi connectivity index (χ4v) is 2.30. The zero-order valence-electron chi connectivity index (χ0n) is 9.61. The quantitative estimate of drug-likeness (QED) is 0.797. The maximum Gasteiger partial charge on any atom is 0.0237 e. The van der Waals surface area contributed by atoms with E-state index in [-0.39, 0.29) is 0 Å². The van der Waals surface area contributed by atoms with Crippen LogP contribution in [0.5, 0.6) is 0 Å². The van der Waals surface area contributed by atoms with E-state index >= 15 is 0 Å². The van der Waals surface area contributed by atoms with Crippen LogP contribution in [0.15, 0.2) is 24.3 Å². The molecule has 15 heavy (non-hydrogen) atoms. The van der Waals surface area contributed by atoms with Crippen LogP contribution in [-0.2, 0) is 6.54 Å². The summed E-state index contributed by atoms with van der Waals surface area (Å²) in [5.74, 6) is 0. The average Bonchev–Trinajstić information content (AvgIpc) is 2.50. The van der Waals surface area contributed by atoms with Gasteiger partial charge in [0.25, 0.3) is 0 Å². The minimum Gasteiger partial charge on any atom is -0.326 e. The lowest BCUT2D eigenvalue weighted by Gasteiger charge is -2.23. The number of nitrogens with two attached hydrogens (primary N) is 1. The van der Waals surface area contributed by atoms with Crippen LogP contribution in [-0.4, -0.2) is 23.5 Å². The number of likely N-dealkylation sites (tertiary alicyclic amines) is 1. The molecule has 2 heteroatoms. The molecule has 0 aliphatic carbocycles. The summed E-state index contributed by atoms with van der Waals surface area (Å²) in [4.78, 5) is 2.47. The van der Waals surface area contributed by atoms with Gasteiger partial charge in [-0.05, 0) is 25.8 Å². The van der Waals surface area contributed by atoms with Crippen LogP contribution in [0.25, 0.3) is 0 Å². The van der Waals surface area contributed by atoms with Gasteiger partial charge in [0.05, 0.1) is 0 Å². The molecule has 2 N–H and O–H groups in total. The van der Waals surface area contributed by atoms with Gasteiger partial charge in [-0.25, -0.2) is 0 Å². The van der Waals surface area contributed by atoms with Gasteiger partial charge in [-0.15, -0.1) is 0 Å². The molecular weight excluding hydrogens is 184 g/mol. The highest BCUT2D eigenvalue weighted by molar-refractivity contribution is 5.22. The van der Waals surface area contributed by atoms with Crippen LogP contribution in [0.4, 0.5) is 0 Å². The molecule has 0 spiro atoms. The number of rotatable bonds is 2. The molecule has 0 bridgehead atoms. The van der Waals surface area contributed by atoms with Crippen molar-refractivity contribution >= 4 is 0 Å². The molecule has 0 radical (unpaired) electrons. The van der Waals surface area contributed by atoms with E-state index in [1.54, 1.807) is 0 Å². The van der Waals surface area contributed by atoms with Gasteiger partial charge in [0.15, 0.2) is 0 Å². The molecule has 2 unspecified atom stereocenters. The van der Waals surface area contributed by atoms with Gasteiger partial charge in [0.2, 0.25) is 0 Å². The van der Waals surface area contributed by atoms with Crippen molar-refractivity contribution in [1.82, 2.24) is 4.90 Å². The number of hydrogen-bond acceptors (Lipinski definition) is 2. The first-order chi connectivity index (χ1) is 7.16. The van der Waals surface area contributed by atoms with Gasteiger partial charge >= 0.3 is 0 Å². The summed E-state index contributed by atoms with van der Waals surface area (Å²) in [6.07, 6.45) is 1.13. The Balaban J connectivity index is 2.03. The second kappa shape index (κ2) is 4.33. The first-order valence-corrected chi connectivity index (χ1v) is 5.72. The van der Waals surface area contributed by atoms with Crippen molar-refractivity contribution in [3.05, 3.63) is 35.4 Å². The molecule has 82 valence electrons. The molecule has 0 saturated carbocycles. The third-order valence-electron chi connectivity index (χ3n) is 3.41. The summed E-state index contributed by atoms with van der Waals surface area (Å²) in [6, 6.07) is 9.61. The molecule has 1 saturated heterocycles. The van der Waals surface area contributed by atoms with Crippen LogP contribution >= 0.6 is 0 Å². The smallest absolute Gasteiger partial charge is 0.0237 e. The van der Waals surface area contributed by atoms with Crippen LogP contribution < -0.4 is 5.73 Å². The lowest BCUT2D eigenvalue weighted by Crippen LogP contribution is -2.36. The minimum absolute atomic E-state index is 0.356. The largest absolute Gasteiger partial charge is 0.326 e. The van der Waals surface area contributed by atoms with Crippen molar-refractivity contribution < 1.29 is 0 Å². The van der Waals surface area contributed by atoms with Crippen LogP contribution in [0.2, 0.25) is 0 Å². The summed E-state index contributed by atoms with van der Waals surface area (Å²) in [5.41, 5.74) is 8.75. The molecule has 1 aromatic rings. The Labute approximate surface area is 92.1 Å². The third kappa shape index (κ3) is 2.39. The van der Waals surface area contributed by atoms with Crippen LogP contribution in [0, 0.1) is 6.92 Å². The fraction of sp³-hybridized carbons (Fsp3) is 0.538. The summed E-state index contributed by atoms with van der Waals surface area (Å²) >= 11 is 0. The van der Waals surface area contributed by atoms with Gasteiger partial charge in [0.1, 0.15) is 0 Å². The van der Waals surface area contributed by atoms with Gasteiger partial charge in [-0.1, -0.05) is 29.8 Å². The van der Waals surface area contributed by atoms with Crippen LogP contribution in [0.3, 0.4) is 0 Å². The van der Waals surface area contributed by atoms with E-state index in [9.17, 15) is 0 Å². The highest BCUT2D eigenvalue weighted by Crippen LogP contribution is 2.19. The molecule has 1 aliphatic rings. The Morgan fingerprint density at radius 2 is 2.27 bits per heavy atom. The zero-order chi connectivity index (χ0) is 10.8. The Morgan fingerprint density at radius 1 is 1.47 bits per heavy atom. The predicted molar refractivity (Wildman–Crippen MR) is 63.6 cm³/mol. The Kier molecular flexibility index (Phi) is 3.08. The molecule has 1 aliphatic heterocycles. The highest BCUT2D eigenvalue weighted by atomic mass is 15.2. The predicted octanol–water partition coefficient (Wildman–Crippen LogP) is 1.92. The van der Waals surface area contributed by atoms with E-state index in [2.05, 4.69) is 43.0 Å². The second-order valence-electron chi connectivity index (χ2n) is 4.65. The summed E-state index contributed by atoms with van der Waals surface area (Å²) in [7, 11) is 0. The summed E-state index contributed by atoms with van der Waals surface area (Å²) in [6.45, 7) is 6.54. The Morgan fingerprint density at radius 3 is 2.87 bits per heavy atom. The Hall–Kier alpha value is -0.860. The highest BCUT2D eigenvalue weighted by Gasteiger charge is 2.27. The molecule has 0 aromatic heterocycles. The van der Waals surface area contributed by atoms with E-state index < -0.39 is 0 Å². The molecule has 1 heterocycles. The SMILES string of the molecule is Cc1cccc(CN2CCC(N)C2C)c1. The summed E-state index contributed by atoms with van der Waals surface area (Å²) in [5, 5.41) is 0. The first kappa shape index (κ1) is 10.7. The second-order valence-corrected chi connectivity index (χ2v) is 4.65. The van der Waals surface area contributed by atoms with Crippen molar-refractivity contribution in [2.75, 3.05) is 6.54 Å². The minimum atomic E-state index is 0.356. The van der Waals surface area contributed by atoms with Gasteiger partial charge in [0, 0.05) is 25.2 Å². The Bertz CT molecular complexity index is 335. The molecular formula is C13H20N2. The van der Waals surface area contributed by atoms with Crippen molar-refractivity contribution in [2.24, 2.45) is 5.73 Å². The van der Waals surface area contributed by atoms with Crippen LogP contribution in [0.1, 0.15) is 24.5 Å². The fourth-order valence-electron chi connectivity index (χ4n) is 2.30. The van der Waals surface area contributed by atoms with Gasteiger partial charge in [-0.2, -0.15) is 0 Å². The van der Waals surface area contributed by atoms with E-state index in [1.165, 1.54) is 11.1 Å². The molecule has 1 fully saturated rings. The van der Waals surface area contributed by atoms with E-state index in [1.807, 2.05) is 0 Å². The van der Waals surface area contributed by atoms with Crippen molar-refractivity contribution in [2.45, 2.75) is 38.9 Å². The van der Waals surface area contributed by atoms with E-state index in [0.29, 0.717) is 12.1 Å². The normalized spacial score (nSPS) is 27.1. The first-order valence-electron chi connectivity index (χ1n) is 5.72. The number of hydrogen-bond donors (Lipinski definition) is 1. The molecule has 0 amide bonds. The third-order valence-corrected chi connectivity index (χ3v) is 3.41. The zero-order valence-corrected chi connectivity index (χ0v) is 9.61. The maximum absolute atomic E-state index is 6.01. The molecule has 2 atom stereocenters. The standard InChI is InChI=1S/C13H20N2/c1-10-4-3-5-12(8-10)9-15-7-6-13(14)11(15)2/h3-5,8,11,13H,6-7,9,14H2,1-2H3. The van der Waals surface area contributed by atoms with Crippen molar-refractivity contribution in [3.63, 3.8) is 0 Å².